The van der Waals surface area contributed by atoms with E-state index < -0.39 is 9.84 Å². The fourth-order valence-electron chi connectivity index (χ4n) is 3.22. The second kappa shape index (κ2) is 11.4. The van der Waals surface area contributed by atoms with Gasteiger partial charge in [0.15, 0.2) is 15.8 Å². The molecule has 0 saturated heterocycles. The molecule has 2 aromatic rings. The molecule has 1 N–H and O–H groups in total. The molecule has 0 unspecified atom stereocenters. The Hall–Kier alpha value is -2.07. The number of halogens is 1. The van der Waals surface area contributed by atoms with Gasteiger partial charge in [0.2, 0.25) is 0 Å². The molecule has 0 aromatic heterocycles. The van der Waals surface area contributed by atoms with Gasteiger partial charge in [-0.1, -0.05) is 36.4 Å². The highest BCUT2D eigenvalue weighted by Gasteiger charge is 2.16. The zero-order chi connectivity index (χ0) is 20.7. The number of hydrogen-bond donors (Lipinski definition) is 1. The summed E-state index contributed by atoms with van der Waals surface area (Å²) in [5.41, 5.74) is 2.66. The molecule has 1 aliphatic heterocycles. The Bertz CT molecular complexity index is 974. The van der Waals surface area contributed by atoms with Crippen LogP contribution in [0.2, 0.25) is 0 Å². The van der Waals surface area contributed by atoms with Gasteiger partial charge in [0.25, 0.3) is 0 Å². The van der Waals surface area contributed by atoms with Gasteiger partial charge in [0.05, 0.1) is 11.4 Å². The summed E-state index contributed by atoms with van der Waals surface area (Å²) in [4.78, 5) is 6.88. The summed E-state index contributed by atoms with van der Waals surface area (Å²) in [7, 11) is -1.41. The summed E-state index contributed by atoms with van der Waals surface area (Å²) in [6.07, 6.45) is 4.43. The van der Waals surface area contributed by atoms with Crippen LogP contribution in [0, 0.1) is 0 Å². The van der Waals surface area contributed by atoms with Gasteiger partial charge in [-0.2, -0.15) is 0 Å². The maximum Gasteiger partial charge on any atom is 0.194 e. The predicted octanol–water partition coefficient (Wildman–Crippen LogP) is 3.45. The van der Waals surface area contributed by atoms with Gasteiger partial charge < -0.3 is 15.0 Å². The molecule has 0 bridgehead atoms. The summed E-state index contributed by atoms with van der Waals surface area (Å²) < 4.78 is 28.7. The number of ether oxygens (including phenoxy) is 1. The minimum Gasteiger partial charge on any atom is -0.492 e. The first kappa shape index (κ1) is 24.2. The number of aliphatic imine (C=N–C) groups is 1. The largest absolute Gasteiger partial charge is 0.492 e. The summed E-state index contributed by atoms with van der Waals surface area (Å²) in [5, 5.41) is 3.33. The van der Waals surface area contributed by atoms with Gasteiger partial charge >= 0.3 is 0 Å². The van der Waals surface area contributed by atoms with Crippen molar-refractivity contribution in [3.8, 4) is 5.75 Å². The van der Waals surface area contributed by atoms with E-state index in [4.69, 9.17) is 4.74 Å². The predicted molar refractivity (Wildman–Crippen MR) is 132 cm³/mol. The zero-order valence-corrected chi connectivity index (χ0v) is 20.4. The Morgan fingerprint density at radius 3 is 2.40 bits per heavy atom. The van der Waals surface area contributed by atoms with Crippen molar-refractivity contribution >= 4 is 45.3 Å². The molecule has 1 heterocycles. The van der Waals surface area contributed by atoms with E-state index in [0.717, 1.165) is 25.5 Å². The highest BCUT2D eigenvalue weighted by Crippen LogP contribution is 2.22. The van der Waals surface area contributed by atoms with Crippen LogP contribution in [-0.4, -0.2) is 58.8 Å². The van der Waals surface area contributed by atoms with Crippen LogP contribution in [0.4, 0.5) is 0 Å². The van der Waals surface area contributed by atoms with Gasteiger partial charge in [0.1, 0.15) is 12.4 Å². The van der Waals surface area contributed by atoms with E-state index in [-0.39, 0.29) is 28.9 Å². The molecule has 0 radical (unpaired) electrons. The molecule has 0 fully saturated rings. The van der Waals surface area contributed by atoms with E-state index in [9.17, 15) is 8.42 Å². The van der Waals surface area contributed by atoms with Crippen LogP contribution >= 0.6 is 24.0 Å². The Balaban J connectivity index is 0.00000320. The molecule has 1 aliphatic rings. The minimum atomic E-state index is -3.19. The second-order valence-electron chi connectivity index (χ2n) is 6.86. The minimum absolute atomic E-state index is 0. The first-order valence-corrected chi connectivity index (χ1v) is 11.5. The average Bonchev–Trinajstić information content (AvgIpc) is 2.74. The molecular weight excluding hydrogens is 513 g/mol. The van der Waals surface area contributed by atoms with Crippen LogP contribution in [-0.2, 0) is 9.84 Å². The molecular formula is C22H28IN3O3S. The maximum atomic E-state index is 11.5. The molecule has 0 spiro atoms. The summed E-state index contributed by atoms with van der Waals surface area (Å²) in [6, 6.07) is 16.9. The second-order valence-corrected chi connectivity index (χ2v) is 8.87. The van der Waals surface area contributed by atoms with Crippen molar-refractivity contribution in [2.45, 2.75) is 11.3 Å². The van der Waals surface area contributed by atoms with Crippen LogP contribution in [0.5, 0.6) is 5.75 Å². The van der Waals surface area contributed by atoms with E-state index in [1.54, 1.807) is 31.3 Å². The van der Waals surface area contributed by atoms with Gasteiger partial charge in [-0.25, -0.2) is 8.42 Å². The average molecular weight is 541 g/mol. The molecule has 3 rings (SSSR count). The van der Waals surface area contributed by atoms with Crippen molar-refractivity contribution in [1.29, 1.82) is 0 Å². The third-order valence-electron chi connectivity index (χ3n) is 4.77. The summed E-state index contributed by atoms with van der Waals surface area (Å²) >= 11 is 0. The van der Waals surface area contributed by atoms with Gasteiger partial charge in [-0.15, -0.1) is 24.0 Å². The first-order valence-electron chi connectivity index (χ1n) is 9.60. The Labute approximate surface area is 196 Å². The summed E-state index contributed by atoms with van der Waals surface area (Å²) in [6.45, 7) is 2.79. The van der Waals surface area contributed by atoms with E-state index in [1.165, 1.54) is 17.4 Å². The van der Waals surface area contributed by atoms with E-state index in [1.807, 2.05) is 6.07 Å². The normalized spacial score (nSPS) is 14.5. The van der Waals surface area contributed by atoms with Crippen LogP contribution in [0.15, 0.2) is 70.6 Å². The highest BCUT2D eigenvalue weighted by atomic mass is 127. The van der Waals surface area contributed by atoms with Gasteiger partial charge in [-0.05, 0) is 41.8 Å². The van der Waals surface area contributed by atoms with E-state index >= 15 is 0 Å². The molecule has 0 saturated carbocycles. The lowest BCUT2D eigenvalue weighted by atomic mass is 10.00. The van der Waals surface area contributed by atoms with Crippen LogP contribution in [0.25, 0.3) is 5.57 Å². The van der Waals surface area contributed by atoms with Crippen LogP contribution in [0.3, 0.4) is 0 Å². The number of hydrogen-bond acceptors (Lipinski definition) is 4. The number of guanidine groups is 1. The van der Waals surface area contributed by atoms with Crippen molar-refractivity contribution in [3.63, 3.8) is 0 Å². The van der Waals surface area contributed by atoms with E-state index in [0.29, 0.717) is 18.9 Å². The molecule has 30 heavy (non-hydrogen) atoms. The Morgan fingerprint density at radius 2 is 1.83 bits per heavy atom. The molecule has 2 aromatic carbocycles. The van der Waals surface area contributed by atoms with Crippen molar-refractivity contribution in [2.75, 3.05) is 39.5 Å². The number of rotatable bonds is 6. The molecule has 162 valence electrons. The zero-order valence-electron chi connectivity index (χ0n) is 17.2. The fraction of sp³-hybridized carbons (Fsp3) is 0.318. The highest BCUT2D eigenvalue weighted by molar-refractivity contribution is 14.0. The lowest BCUT2D eigenvalue weighted by Crippen LogP contribution is -2.44. The Kier molecular flexibility index (Phi) is 9.16. The number of nitrogens with one attached hydrogen (secondary N) is 1. The lowest BCUT2D eigenvalue weighted by Gasteiger charge is -2.29. The topological polar surface area (TPSA) is 71.0 Å². The monoisotopic (exact) mass is 541 g/mol. The SMILES string of the molecule is CN=C(NCCOc1ccc(S(C)(=O)=O)cc1)N1CC=C(c2ccccc2)CC1.I. The molecule has 8 heteroatoms. The number of nitrogens with zero attached hydrogens (tertiary/aromatic N) is 2. The number of sulfone groups is 1. The lowest BCUT2D eigenvalue weighted by molar-refractivity contribution is 0.318. The first-order chi connectivity index (χ1) is 14.0. The third kappa shape index (κ3) is 6.73. The molecule has 0 atom stereocenters. The van der Waals surface area contributed by atoms with Crippen molar-refractivity contribution in [3.05, 3.63) is 66.2 Å². The smallest absolute Gasteiger partial charge is 0.194 e. The summed E-state index contributed by atoms with van der Waals surface area (Å²) in [5.74, 6) is 1.49. The van der Waals surface area contributed by atoms with E-state index in [2.05, 4.69) is 45.6 Å². The molecule has 0 aliphatic carbocycles. The maximum absolute atomic E-state index is 11.5. The van der Waals surface area contributed by atoms with Gasteiger partial charge in [-0.3, -0.25) is 4.99 Å². The van der Waals surface area contributed by atoms with Crippen molar-refractivity contribution in [2.24, 2.45) is 4.99 Å². The number of benzene rings is 2. The van der Waals surface area contributed by atoms with Crippen LogP contribution < -0.4 is 10.1 Å². The third-order valence-corrected chi connectivity index (χ3v) is 5.90. The van der Waals surface area contributed by atoms with Crippen molar-refractivity contribution in [1.82, 2.24) is 10.2 Å². The van der Waals surface area contributed by atoms with Crippen LogP contribution in [0.1, 0.15) is 12.0 Å². The Morgan fingerprint density at radius 1 is 1.13 bits per heavy atom. The molecule has 6 nitrogen and oxygen atoms in total. The standard InChI is InChI=1S/C22H27N3O3S.HI/c1-23-22(25-15-12-19(13-16-25)18-6-4-3-5-7-18)24-14-17-28-20-8-10-21(11-9-20)29(2,26)27;/h3-12H,13-17H2,1-2H3,(H,23,24);1H. The fourth-order valence-corrected chi connectivity index (χ4v) is 3.85. The molecule has 0 amide bonds. The quantitative estimate of drug-likeness (QED) is 0.263. The van der Waals surface area contributed by atoms with Gasteiger partial charge in [0, 0.05) is 26.4 Å². The van der Waals surface area contributed by atoms with Crippen molar-refractivity contribution < 1.29 is 13.2 Å².